The molecule has 3 rings (SSSR count). The van der Waals surface area contributed by atoms with Crippen molar-refractivity contribution in [2.75, 3.05) is 4.90 Å². The van der Waals surface area contributed by atoms with E-state index in [0.29, 0.717) is 0 Å². The summed E-state index contributed by atoms with van der Waals surface area (Å²) in [7, 11) is 0. The molecule has 0 aromatic heterocycles. The average Bonchev–Trinajstić information content (AvgIpc) is 2.47. The largest absolute Gasteiger partial charge is 0.508 e. The van der Waals surface area contributed by atoms with Crippen LogP contribution in [0.4, 0.5) is 5.69 Å². The SMILES string of the molecule is C=CC1=CN(c2ccc(O)cc2)Cc2ccc(O)cc21. The average molecular weight is 265 g/mol. The maximum absolute atomic E-state index is 9.61. The molecule has 3 heteroatoms. The lowest BCUT2D eigenvalue weighted by Crippen LogP contribution is -2.20. The first-order valence-electron chi connectivity index (χ1n) is 6.39. The number of hydrogen-bond acceptors (Lipinski definition) is 3. The summed E-state index contributed by atoms with van der Waals surface area (Å²) in [6.07, 6.45) is 3.78. The van der Waals surface area contributed by atoms with Crippen LogP contribution in [0.3, 0.4) is 0 Å². The van der Waals surface area contributed by atoms with Crippen molar-refractivity contribution >= 4 is 11.3 Å². The fraction of sp³-hybridized carbons (Fsp3) is 0.0588. The Morgan fingerprint density at radius 1 is 1.00 bits per heavy atom. The highest BCUT2D eigenvalue weighted by Crippen LogP contribution is 2.33. The van der Waals surface area contributed by atoms with Crippen molar-refractivity contribution in [3.63, 3.8) is 0 Å². The summed E-state index contributed by atoms with van der Waals surface area (Å²) in [5.74, 6) is 0.513. The van der Waals surface area contributed by atoms with Gasteiger partial charge < -0.3 is 15.1 Å². The van der Waals surface area contributed by atoms with E-state index in [2.05, 4.69) is 11.5 Å². The molecule has 1 aliphatic rings. The Hall–Kier alpha value is -2.68. The third-order valence-corrected chi connectivity index (χ3v) is 3.44. The molecule has 1 aliphatic heterocycles. The second-order valence-electron chi connectivity index (χ2n) is 4.77. The van der Waals surface area contributed by atoms with Crippen LogP contribution in [0.25, 0.3) is 5.57 Å². The van der Waals surface area contributed by atoms with E-state index in [1.54, 1.807) is 30.3 Å². The molecule has 0 saturated carbocycles. The van der Waals surface area contributed by atoms with Gasteiger partial charge in [0.25, 0.3) is 0 Å². The summed E-state index contributed by atoms with van der Waals surface area (Å²) >= 11 is 0. The zero-order valence-electron chi connectivity index (χ0n) is 11.0. The van der Waals surface area contributed by atoms with Crippen LogP contribution < -0.4 is 4.90 Å². The van der Waals surface area contributed by atoms with Crippen LogP contribution >= 0.6 is 0 Å². The zero-order chi connectivity index (χ0) is 14.1. The Morgan fingerprint density at radius 3 is 2.40 bits per heavy atom. The van der Waals surface area contributed by atoms with E-state index in [1.165, 1.54) is 0 Å². The smallest absolute Gasteiger partial charge is 0.116 e. The molecule has 2 aromatic rings. The lowest BCUT2D eigenvalue weighted by Gasteiger charge is -2.28. The van der Waals surface area contributed by atoms with Crippen molar-refractivity contribution in [1.29, 1.82) is 0 Å². The molecule has 2 aromatic carbocycles. The lowest BCUT2D eigenvalue weighted by atomic mass is 9.96. The Kier molecular flexibility index (Phi) is 2.95. The highest BCUT2D eigenvalue weighted by Gasteiger charge is 2.17. The van der Waals surface area contributed by atoms with E-state index in [9.17, 15) is 10.2 Å². The van der Waals surface area contributed by atoms with Gasteiger partial charge in [-0.15, -0.1) is 0 Å². The monoisotopic (exact) mass is 265 g/mol. The third-order valence-electron chi connectivity index (χ3n) is 3.44. The summed E-state index contributed by atoms with van der Waals surface area (Å²) in [5, 5.41) is 19.0. The third kappa shape index (κ3) is 2.14. The molecule has 0 aliphatic carbocycles. The molecule has 20 heavy (non-hydrogen) atoms. The van der Waals surface area contributed by atoms with Crippen LogP contribution in [0.1, 0.15) is 11.1 Å². The Bertz CT molecular complexity index is 687. The minimum absolute atomic E-state index is 0.254. The Labute approximate surface area is 117 Å². The van der Waals surface area contributed by atoms with E-state index in [1.807, 2.05) is 24.4 Å². The molecular weight excluding hydrogens is 250 g/mol. The topological polar surface area (TPSA) is 43.7 Å². The molecule has 0 radical (unpaired) electrons. The molecule has 100 valence electrons. The van der Waals surface area contributed by atoms with Crippen molar-refractivity contribution in [2.45, 2.75) is 6.54 Å². The minimum Gasteiger partial charge on any atom is -0.508 e. The molecule has 2 N–H and O–H groups in total. The number of phenols is 2. The van der Waals surface area contributed by atoms with Crippen molar-refractivity contribution in [2.24, 2.45) is 0 Å². The molecule has 0 unspecified atom stereocenters. The number of anilines is 1. The fourth-order valence-electron chi connectivity index (χ4n) is 2.41. The lowest BCUT2D eigenvalue weighted by molar-refractivity contribution is 0.474. The quantitative estimate of drug-likeness (QED) is 0.871. The van der Waals surface area contributed by atoms with Gasteiger partial charge in [0.05, 0.1) is 0 Å². The predicted octanol–water partition coefficient (Wildman–Crippen LogP) is 3.64. The first-order chi connectivity index (χ1) is 9.67. The number of nitrogens with zero attached hydrogens (tertiary/aromatic N) is 1. The van der Waals surface area contributed by atoms with Gasteiger partial charge in [0, 0.05) is 18.4 Å². The van der Waals surface area contributed by atoms with Gasteiger partial charge in [-0.2, -0.15) is 0 Å². The van der Waals surface area contributed by atoms with Crippen LogP contribution in [-0.4, -0.2) is 10.2 Å². The number of rotatable bonds is 2. The van der Waals surface area contributed by atoms with Crippen molar-refractivity contribution in [3.05, 3.63) is 72.4 Å². The van der Waals surface area contributed by atoms with E-state index in [4.69, 9.17) is 0 Å². The second-order valence-corrected chi connectivity index (χ2v) is 4.77. The molecule has 0 atom stereocenters. The number of phenolic OH excluding ortho intramolecular Hbond substituents is 2. The first kappa shape index (κ1) is 12.4. The predicted molar refractivity (Wildman–Crippen MR) is 80.6 cm³/mol. The van der Waals surface area contributed by atoms with Crippen molar-refractivity contribution < 1.29 is 10.2 Å². The fourth-order valence-corrected chi connectivity index (χ4v) is 2.41. The molecule has 0 saturated heterocycles. The van der Waals surface area contributed by atoms with E-state index in [0.717, 1.165) is 28.9 Å². The molecule has 0 bridgehead atoms. The van der Waals surface area contributed by atoms with Gasteiger partial charge in [0.2, 0.25) is 0 Å². The summed E-state index contributed by atoms with van der Waals surface area (Å²) in [6, 6.07) is 12.5. The molecule has 0 spiro atoms. The molecular formula is C17H15NO2. The number of aromatic hydroxyl groups is 2. The van der Waals surface area contributed by atoms with Gasteiger partial charge in [0.1, 0.15) is 11.5 Å². The summed E-state index contributed by atoms with van der Waals surface area (Å²) < 4.78 is 0. The van der Waals surface area contributed by atoms with Gasteiger partial charge in [-0.05, 0) is 53.1 Å². The van der Waals surface area contributed by atoms with Gasteiger partial charge in [0.15, 0.2) is 0 Å². The number of hydrogen-bond donors (Lipinski definition) is 2. The van der Waals surface area contributed by atoms with Crippen LogP contribution in [0, 0.1) is 0 Å². The number of allylic oxidation sites excluding steroid dienone is 2. The van der Waals surface area contributed by atoms with Crippen molar-refractivity contribution in [3.8, 4) is 11.5 Å². The second kappa shape index (κ2) is 4.78. The summed E-state index contributed by atoms with van der Waals surface area (Å²) in [5.41, 5.74) is 4.11. The van der Waals surface area contributed by atoms with Crippen LogP contribution in [-0.2, 0) is 6.54 Å². The maximum atomic E-state index is 9.61. The maximum Gasteiger partial charge on any atom is 0.116 e. The molecule has 3 nitrogen and oxygen atoms in total. The molecule has 1 heterocycles. The minimum atomic E-state index is 0.254. The van der Waals surface area contributed by atoms with E-state index >= 15 is 0 Å². The van der Waals surface area contributed by atoms with Gasteiger partial charge in [-0.1, -0.05) is 18.7 Å². The Morgan fingerprint density at radius 2 is 1.70 bits per heavy atom. The standard InChI is InChI=1S/C17H15NO2/c1-2-12-10-18(14-4-7-15(19)8-5-14)11-13-3-6-16(20)9-17(12)13/h2-10,19-20H,1,11H2. The normalized spacial score (nSPS) is 13.6. The highest BCUT2D eigenvalue weighted by molar-refractivity contribution is 5.80. The van der Waals surface area contributed by atoms with Crippen LogP contribution in [0.5, 0.6) is 11.5 Å². The number of benzene rings is 2. The van der Waals surface area contributed by atoms with Gasteiger partial charge in [-0.25, -0.2) is 0 Å². The summed E-state index contributed by atoms with van der Waals surface area (Å²) in [6.45, 7) is 4.56. The zero-order valence-corrected chi connectivity index (χ0v) is 11.0. The Balaban J connectivity index is 2.04. The van der Waals surface area contributed by atoms with E-state index in [-0.39, 0.29) is 11.5 Å². The highest BCUT2D eigenvalue weighted by atomic mass is 16.3. The van der Waals surface area contributed by atoms with E-state index < -0.39 is 0 Å². The van der Waals surface area contributed by atoms with Crippen molar-refractivity contribution in [1.82, 2.24) is 0 Å². The first-order valence-corrected chi connectivity index (χ1v) is 6.39. The summed E-state index contributed by atoms with van der Waals surface area (Å²) in [4.78, 5) is 2.09. The van der Waals surface area contributed by atoms with Crippen LogP contribution in [0.2, 0.25) is 0 Å². The molecule has 0 fully saturated rings. The van der Waals surface area contributed by atoms with Gasteiger partial charge in [-0.3, -0.25) is 0 Å². The van der Waals surface area contributed by atoms with Crippen LogP contribution in [0.15, 0.2) is 61.3 Å². The number of fused-ring (bicyclic) bond motifs is 1. The molecule has 0 amide bonds. The van der Waals surface area contributed by atoms with Gasteiger partial charge >= 0.3 is 0 Å².